The number of benzene rings is 1. The van der Waals surface area contributed by atoms with E-state index in [4.69, 9.17) is 10.00 Å². The fourth-order valence-electron chi connectivity index (χ4n) is 2.08. The molecule has 0 aliphatic heterocycles. The van der Waals surface area contributed by atoms with Crippen LogP contribution in [0.3, 0.4) is 0 Å². The molecule has 0 saturated heterocycles. The second-order valence-corrected chi connectivity index (χ2v) is 4.58. The molecule has 0 N–H and O–H groups in total. The SMILES string of the molecule is COc1ccc2nc(N(C)C)c(CCC#N)cc2c1. The van der Waals surface area contributed by atoms with Crippen molar-refractivity contribution in [1.29, 1.82) is 5.26 Å². The molecule has 0 fully saturated rings. The smallest absolute Gasteiger partial charge is 0.131 e. The lowest BCUT2D eigenvalue weighted by Gasteiger charge is -2.17. The number of methoxy groups -OCH3 is 1. The quantitative estimate of drug-likeness (QED) is 0.843. The number of hydrogen-bond donors (Lipinski definition) is 0. The molecular formula is C15H17N3O. The van der Waals surface area contributed by atoms with Crippen molar-refractivity contribution in [2.24, 2.45) is 0 Å². The molecule has 0 atom stereocenters. The highest BCUT2D eigenvalue weighted by Crippen LogP contribution is 2.26. The monoisotopic (exact) mass is 255 g/mol. The van der Waals surface area contributed by atoms with Crippen LogP contribution in [0.25, 0.3) is 10.9 Å². The standard InChI is InChI=1S/C15H17N3O/c1-18(2)15-11(5-4-8-16)9-12-10-13(19-3)6-7-14(12)17-15/h6-7,9-10H,4-5H2,1-3H3. The van der Waals surface area contributed by atoms with Crippen LogP contribution in [0.15, 0.2) is 24.3 Å². The molecule has 2 rings (SSSR count). The van der Waals surface area contributed by atoms with E-state index in [1.807, 2.05) is 37.2 Å². The molecule has 0 aliphatic carbocycles. The number of aryl methyl sites for hydroxylation is 1. The van der Waals surface area contributed by atoms with E-state index < -0.39 is 0 Å². The van der Waals surface area contributed by atoms with Gasteiger partial charge in [0.05, 0.1) is 18.7 Å². The molecule has 2 aromatic rings. The van der Waals surface area contributed by atoms with Crippen LogP contribution in [-0.2, 0) is 6.42 Å². The molecule has 1 aromatic heterocycles. The van der Waals surface area contributed by atoms with E-state index in [0.29, 0.717) is 12.8 Å². The highest BCUT2D eigenvalue weighted by Gasteiger charge is 2.09. The Kier molecular flexibility index (Phi) is 3.86. The van der Waals surface area contributed by atoms with E-state index in [0.717, 1.165) is 28.0 Å². The van der Waals surface area contributed by atoms with Crippen molar-refractivity contribution in [2.75, 3.05) is 26.1 Å². The predicted octanol–water partition coefficient (Wildman–Crippen LogP) is 2.77. The molecule has 4 heteroatoms. The van der Waals surface area contributed by atoms with Gasteiger partial charge in [-0.2, -0.15) is 5.26 Å². The van der Waals surface area contributed by atoms with Crippen LogP contribution < -0.4 is 9.64 Å². The number of hydrogen-bond acceptors (Lipinski definition) is 4. The number of fused-ring (bicyclic) bond motifs is 1. The van der Waals surface area contributed by atoms with Crippen molar-refractivity contribution >= 4 is 16.7 Å². The van der Waals surface area contributed by atoms with Crippen LogP contribution in [0.2, 0.25) is 0 Å². The summed E-state index contributed by atoms with van der Waals surface area (Å²) in [5.74, 6) is 1.74. The highest BCUT2D eigenvalue weighted by molar-refractivity contribution is 5.83. The summed E-state index contributed by atoms with van der Waals surface area (Å²) in [5.41, 5.74) is 2.03. The molecule has 4 nitrogen and oxygen atoms in total. The van der Waals surface area contributed by atoms with E-state index in [1.165, 1.54) is 0 Å². The highest BCUT2D eigenvalue weighted by atomic mass is 16.5. The van der Waals surface area contributed by atoms with Crippen LogP contribution >= 0.6 is 0 Å². The number of aromatic nitrogens is 1. The summed E-state index contributed by atoms with van der Waals surface area (Å²) in [6.07, 6.45) is 1.21. The Labute approximate surface area is 113 Å². The molecule has 0 bridgehead atoms. The van der Waals surface area contributed by atoms with E-state index in [-0.39, 0.29) is 0 Å². The third-order valence-electron chi connectivity index (χ3n) is 3.01. The summed E-state index contributed by atoms with van der Waals surface area (Å²) in [7, 11) is 5.58. The Balaban J connectivity index is 2.56. The topological polar surface area (TPSA) is 49.1 Å². The van der Waals surface area contributed by atoms with Gasteiger partial charge in [-0.25, -0.2) is 4.98 Å². The summed E-state index contributed by atoms with van der Waals surface area (Å²) >= 11 is 0. The second kappa shape index (κ2) is 5.57. The van der Waals surface area contributed by atoms with Gasteiger partial charge < -0.3 is 9.64 Å². The fraction of sp³-hybridized carbons (Fsp3) is 0.333. The third-order valence-corrected chi connectivity index (χ3v) is 3.01. The van der Waals surface area contributed by atoms with Gasteiger partial charge in [0.2, 0.25) is 0 Å². The summed E-state index contributed by atoms with van der Waals surface area (Å²) in [4.78, 5) is 6.65. The minimum atomic E-state index is 0.498. The van der Waals surface area contributed by atoms with Crippen molar-refractivity contribution in [1.82, 2.24) is 4.98 Å². The average molecular weight is 255 g/mol. The van der Waals surface area contributed by atoms with Crippen LogP contribution in [-0.4, -0.2) is 26.2 Å². The van der Waals surface area contributed by atoms with E-state index in [2.05, 4.69) is 17.1 Å². The molecule has 0 spiro atoms. The minimum Gasteiger partial charge on any atom is -0.497 e. The maximum Gasteiger partial charge on any atom is 0.131 e. The van der Waals surface area contributed by atoms with Gasteiger partial charge in [0.1, 0.15) is 11.6 Å². The number of nitriles is 1. The first-order valence-electron chi connectivity index (χ1n) is 6.17. The first-order chi connectivity index (χ1) is 9.15. The van der Waals surface area contributed by atoms with Crippen molar-refractivity contribution in [3.05, 3.63) is 29.8 Å². The lowest BCUT2D eigenvalue weighted by Crippen LogP contribution is -2.13. The molecule has 1 aromatic carbocycles. The van der Waals surface area contributed by atoms with Gasteiger partial charge in [0.15, 0.2) is 0 Å². The van der Waals surface area contributed by atoms with Gasteiger partial charge in [-0.05, 0) is 36.2 Å². The lowest BCUT2D eigenvalue weighted by atomic mass is 10.1. The van der Waals surface area contributed by atoms with Crippen LogP contribution in [0.1, 0.15) is 12.0 Å². The number of anilines is 1. The van der Waals surface area contributed by atoms with Gasteiger partial charge in [-0.3, -0.25) is 0 Å². The Morgan fingerprint density at radius 1 is 1.32 bits per heavy atom. The minimum absolute atomic E-state index is 0.498. The average Bonchev–Trinajstić information content (AvgIpc) is 2.43. The Bertz CT molecular complexity index is 629. The Morgan fingerprint density at radius 3 is 2.74 bits per heavy atom. The normalized spacial score (nSPS) is 10.2. The zero-order valence-electron chi connectivity index (χ0n) is 11.5. The molecule has 19 heavy (non-hydrogen) atoms. The van der Waals surface area contributed by atoms with Crippen LogP contribution in [0.4, 0.5) is 5.82 Å². The fourth-order valence-corrected chi connectivity index (χ4v) is 2.08. The zero-order chi connectivity index (χ0) is 13.8. The summed E-state index contributed by atoms with van der Waals surface area (Å²) in [5, 5.41) is 9.79. The number of pyridine rings is 1. The predicted molar refractivity (Wildman–Crippen MR) is 76.6 cm³/mol. The van der Waals surface area contributed by atoms with Gasteiger partial charge in [0.25, 0.3) is 0 Å². The summed E-state index contributed by atoms with van der Waals surface area (Å²) in [6.45, 7) is 0. The van der Waals surface area contributed by atoms with E-state index in [9.17, 15) is 0 Å². The second-order valence-electron chi connectivity index (χ2n) is 4.58. The molecule has 0 radical (unpaired) electrons. The molecule has 0 amide bonds. The van der Waals surface area contributed by atoms with Gasteiger partial charge >= 0.3 is 0 Å². The molecular weight excluding hydrogens is 238 g/mol. The Hall–Kier alpha value is -2.28. The lowest BCUT2D eigenvalue weighted by molar-refractivity contribution is 0.415. The first kappa shape index (κ1) is 13.2. The third kappa shape index (κ3) is 2.76. The molecule has 0 unspecified atom stereocenters. The van der Waals surface area contributed by atoms with Crippen molar-refractivity contribution in [3.8, 4) is 11.8 Å². The van der Waals surface area contributed by atoms with Crippen molar-refractivity contribution < 1.29 is 4.74 Å². The van der Waals surface area contributed by atoms with Crippen LogP contribution in [0.5, 0.6) is 5.75 Å². The van der Waals surface area contributed by atoms with Gasteiger partial charge in [0, 0.05) is 25.9 Å². The van der Waals surface area contributed by atoms with Crippen LogP contribution in [0, 0.1) is 11.3 Å². The number of ether oxygens (including phenoxy) is 1. The number of rotatable bonds is 4. The van der Waals surface area contributed by atoms with Gasteiger partial charge in [-0.1, -0.05) is 0 Å². The maximum absolute atomic E-state index is 8.75. The zero-order valence-corrected chi connectivity index (χ0v) is 11.5. The van der Waals surface area contributed by atoms with E-state index >= 15 is 0 Å². The molecule has 98 valence electrons. The van der Waals surface area contributed by atoms with Crippen molar-refractivity contribution in [2.45, 2.75) is 12.8 Å². The summed E-state index contributed by atoms with van der Waals surface area (Å²) in [6, 6.07) is 10.1. The Morgan fingerprint density at radius 2 is 2.11 bits per heavy atom. The molecule has 1 heterocycles. The number of nitrogens with zero attached hydrogens (tertiary/aromatic N) is 3. The summed E-state index contributed by atoms with van der Waals surface area (Å²) < 4.78 is 5.23. The van der Waals surface area contributed by atoms with Gasteiger partial charge in [-0.15, -0.1) is 0 Å². The molecule has 0 saturated carbocycles. The largest absolute Gasteiger partial charge is 0.497 e. The first-order valence-corrected chi connectivity index (χ1v) is 6.17. The maximum atomic E-state index is 8.75. The van der Waals surface area contributed by atoms with E-state index in [1.54, 1.807) is 7.11 Å². The van der Waals surface area contributed by atoms with Crippen molar-refractivity contribution in [3.63, 3.8) is 0 Å². The molecule has 0 aliphatic rings.